The van der Waals surface area contributed by atoms with Crippen LogP contribution >= 0.6 is 10.7 Å². The van der Waals surface area contributed by atoms with Crippen molar-refractivity contribution in [2.75, 3.05) is 0 Å². The van der Waals surface area contributed by atoms with Crippen molar-refractivity contribution in [1.82, 2.24) is 0 Å². The van der Waals surface area contributed by atoms with Gasteiger partial charge < -0.3 is 0 Å². The van der Waals surface area contributed by atoms with Gasteiger partial charge in [-0.15, -0.1) is 0 Å². The van der Waals surface area contributed by atoms with Crippen molar-refractivity contribution < 1.29 is 4.21 Å². The van der Waals surface area contributed by atoms with Gasteiger partial charge in [0.1, 0.15) is 0 Å². The highest BCUT2D eigenvalue weighted by Gasteiger charge is 2.03. The summed E-state index contributed by atoms with van der Waals surface area (Å²) in [6, 6.07) is 6.78. The van der Waals surface area contributed by atoms with Crippen LogP contribution in [-0.4, -0.2) is 4.21 Å². The minimum absolute atomic E-state index is 0.366. The third-order valence-corrected chi connectivity index (χ3v) is 2.74. The molecule has 0 aromatic heterocycles. The van der Waals surface area contributed by atoms with Crippen LogP contribution in [0.25, 0.3) is 0 Å². The molecule has 1 rings (SSSR count). The lowest BCUT2D eigenvalue weighted by molar-refractivity contribution is 0.684. The van der Waals surface area contributed by atoms with E-state index in [1.807, 2.05) is 6.92 Å². The lowest BCUT2D eigenvalue weighted by Crippen LogP contribution is -1.86. The molecule has 0 radical (unpaired) electrons. The van der Waals surface area contributed by atoms with Crippen molar-refractivity contribution in [3.05, 3.63) is 29.8 Å². The highest BCUT2D eigenvalue weighted by Crippen LogP contribution is 2.15. The Balaban J connectivity index is 3.20. The van der Waals surface area contributed by atoms with Gasteiger partial charge in [0.2, 0.25) is 0 Å². The Bertz CT molecular complexity index is 341. The molecule has 0 saturated carbocycles. The first kappa shape index (κ1) is 8.56. The largest absolute Gasteiger partial charge is 0.236 e. The number of halogens is 1. The quantitative estimate of drug-likeness (QED) is 0.678. The molecule has 1 unspecified atom stereocenters. The van der Waals surface area contributed by atoms with Crippen molar-refractivity contribution in [2.45, 2.75) is 11.8 Å². The molecule has 4 heteroatoms. The number of hydrogen-bond acceptors (Lipinski definition) is 2. The second kappa shape index (κ2) is 2.83. The van der Waals surface area contributed by atoms with Crippen molar-refractivity contribution >= 4 is 19.6 Å². The van der Waals surface area contributed by atoms with Crippen LogP contribution in [0.2, 0.25) is 0 Å². The van der Waals surface area contributed by atoms with Crippen molar-refractivity contribution in [3.8, 4) is 0 Å². The van der Waals surface area contributed by atoms with Gasteiger partial charge in [0, 0.05) is 10.7 Å². The lowest BCUT2D eigenvalue weighted by Gasteiger charge is -1.97. The molecule has 0 aliphatic heterocycles. The number of aryl methyl sites for hydroxylation is 1. The normalized spacial score (nSPS) is 15.8. The number of nitrogens with one attached hydrogen (secondary N) is 1. The number of rotatable bonds is 1. The van der Waals surface area contributed by atoms with E-state index in [-0.39, 0.29) is 0 Å². The zero-order valence-electron chi connectivity index (χ0n) is 6.00. The first-order valence-electron chi connectivity index (χ1n) is 3.05. The highest BCUT2D eigenvalue weighted by atomic mass is 35.7. The van der Waals surface area contributed by atoms with E-state index >= 15 is 0 Å². The molecule has 0 aliphatic rings. The van der Waals surface area contributed by atoms with Gasteiger partial charge in [0.15, 0.2) is 8.94 Å². The molecule has 11 heavy (non-hydrogen) atoms. The van der Waals surface area contributed by atoms with E-state index in [9.17, 15) is 4.21 Å². The molecule has 0 spiro atoms. The van der Waals surface area contributed by atoms with E-state index in [1.54, 1.807) is 24.3 Å². The zero-order chi connectivity index (χ0) is 8.48. The van der Waals surface area contributed by atoms with Gasteiger partial charge in [-0.1, -0.05) is 17.7 Å². The lowest BCUT2D eigenvalue weighted by atomic mass is 10.2. The second-order valence-corrected chi connectivity index (χ2v) is 5.05. The van der Waals surface area contributed by atoms with E-state index in [1.165, 1.54) is 0 Å². The van der Waals surface area contributed by atoms with E-state index in [2.05, 4.69) is 0 Å². The highest BCUT2D eigenvalue weighted by molar-refractivity contribution is 8.14. The molecule has 0 heterocycles. The molecule has 0 saturated heterocycles. The molecule has 1 atom stereocenters. The van der Waals surface area contributed by atoms with Crippen LogP contribution < -0.4 is 0 Å². The van der Waals surface area contributed by atoms with Gasteiger partial charge in [-0.2, -0.15) is 0 Å². The molecular weight excluding hydrogens is 182 g/mol. The third kappa shape index (κ3) is 2.20. The molecule has 0 amide bonds. The minimum atomic E-state index is -3.05. The average molecular weight is 190 g/mol. The van der Waals surface area contributed by atoms with Crippen molar-refractivity contribution in [1.29, 1.82) is 4.78 Å². The van der Waals surface area contributed by atoms with Crippen molar-refractivity contribution in [2.24, 2.45) is 0 Å². The van der Waals surface area contributed by atoms with Gasteiger partial charge in [0.25, 0.3) is 0 Å². The Morgan fingerprint density at radius 2 is 1.82 bits per heavy atom. The maximum Gasteiger partial charge on any atom is 0.156 e. The molecule has 1 aromatic carbocycles. The number of hydrogen-bond donors (Lipinski definition) is 1. The third-order valence-electron chi connectivity index (χ3n) is 1.32. The van der Waals surface area contributed by atoms with E-state index in [0.717, 1.165) is 5.56 Å². The van der Waals surface area contributed by atoms with E-state index in [0.29, 0.717) is 4.90 Å². The zero-order valence-corrected chi connectivity index (χ0v) is 7.58. The smallest absolute Gasteiger partial charge is 0.156 e. The van der Waals surface area contributed by atoms with Crippen LogP contribution in [0.5, 0.6) is 0 Å². The summed E-state index contributed by atoms with van der Waals surface area (Å²) >= 11 is 0. The fraction of sp³-hybridized carbons (Fsp3) is 0.143. The summed E-state index contributed by atoms with van der Waals surface area (Å²) in [4.78, 5) is 0.366. The Kier molecular flexibility index (Phi) is 2.20. The topological polar surface area (TPSA) is 40.9 Å². The minimum Gasteiger partial charge on any atom is -0.236 e. The average Bonchev–Trinajstić information content (AvgIpc) is 1.86. The van der Waals surface area contributed by atoms with E-state index in [4.69, 9.17) is 15.5 Å². The first-order valence-corrected chi connectivity index (χ1v) is 5.43. The molecule has 0 bridgehead atoms. The summed E-state index contributed by atoms with van der Waals surface area (Å²) in [6.07, 6.45) is 0. The van der Waals surface area contributed by atoms with Gasteiger partial charge in [-0.05, 0) is 19.1 Å². The van der Waals surface area contributed by atoms with Crippen LogP contribution in [0, 0.1) is 11.7 Å². The predicted molar refractivity (Wildman–Crippen MR) is 46.2 cm³/mol. The predicted octanol–water partition coefficient (Wildman–Crippen LogP) is 2.55. The molecule has 0 aliphatic carbocycles. The maximum absolute atomic E-state index is 10.9. The summed E-state index contributed by atoms with van der Waals surface area (Å²) in [5.41, 5.74) is 1.06. The fourth-order valence-electron chi connectivity index (χ4n) is 0.713. The molecule has 0 fully saturated rings. The fourth-order valence-corrected chi connectivity index (χ4v) is 1.51. The van der Waals surface area contributed by atoms with Crippen LogP contribution in [-0.2, 0) is 8.94 Å². The Morgan fingerprint density at radius 3 is 2.18 bits per heavy atom. The van der Waals surface area contributed by atoms with Crippen LogP contribution in [0.4, 0.5) is 0 Å². The first-order chi connectivity index (χ1) is 5.00. The molecule has 1 N–H and O–H groups in total. The summed E-state index contributed by atoms with van der Waals surface area (Å²) in [5.74, 6) is 0. The Labute approximate surface area is 70.7 Å². The van der Waals surface area contributed by atoms with Crippen LogP contribution in [0.3, 0.4) is 0 Å². The molecular formula is C7H8ClNOS. The standard InChI is InChI=1S/C7H8ClNOS/c1-6-2-4-7(5-3-6)11(8,9)10/h2-5,9H,1H3. The van der Waals surface area contributed by atoms with E-state index < -0.39 is 8.94 Å². The molecule has 1 aromatic rings. The van der Waals surface area contributed by atoms with Crippen LogP contribution in [0.1, 0.15) is 5.56 Å². The summed E-state index contributed by atoms with van der Waals surface area (Å²) in [6.45, 7) is 1.92. The van der Waals surface area contributed by atoms with Gasteiger partial charge in [-0.25, -0.2) is 8.99 Å². The maximum atomic E-state index is 10.9. The second-order valence-electron chi connectivity index (χ2n) is 2.30. The monoisotopic (exact) mass is 189 g/mol. The summed E-state index contributed by atoms with van der Waals surface area (Å²) in [5, 5.41) is 0. The number of benzene rings is 1. The summed E-state index contributed by atoms with van der Waals surface area (Å²) < 4.78 is 18.0. The Morgan fingerprint density at radius 1 is 1.36 bits per heavy atom. The molecule has 2 nitrogen and oxygen atoms in total. The van der Waals surface area contributed by atoms with Gasteiger partial charge in [0.05, 0.1) is 4.90 Å². The summed E-state index contributed by atoms with van der Waals surface area (Å²) in [7, 11) is 2.26. The molecule has 60 valence electrons. The SMILES string of the molecule is Cc1ccc(S(=N)(=O)Cl)cc1. The van der Waals surface area contributed by atoms with Gasteiger partial charge in [-0.3, -0.25) is 0 Å². The van der Waals surface area contributed by atoms with Crippen molar-refractivity contribution in [3.63, 3.8) is 0 Å². The van der Waals surface area contributed by atoms with Crippen LogP contribution in [0.15, 0.2) is 29.2 Å². The van der Waals surface area contributed by atoms with Gasteiger partial charge >= 0.3 is 0 Å². The Hall–Kier alpha value is -0.540.